The Labute approximate surface area is 81.2 Å². The van der Waals surface area contributed by atoms with E-state index in [4.69, 9.17) is 0 Å². The maximum absolute atomic E-state index is 4.56. The molecule has 3 heteroatoms. The SMILES string of the molecule is Cc1nc2sc3c(n2c1C)CCC3. The maximum Gasteiger partial charge on any atom is 0.194 e. The molecule has 0 aromatic carbocycles. The van der Waals surface area contributed by atoms with Gasteiger partial charge in [0.05, 0.1) is 5.69 Å². The molecule has 0 saturated heterocycles. The number of imidazole rings is 1. The van der Waals surface area contributed by atoms with E-state index in [1.165, 1.54) is 41.3 Å². The molecule has 2 aromatic heterocycles. The van der Waals surface area contributed by atoms with Gasteiger partial charge in [0, 0.05) is 16.3 Å². The third-order valence-electron chi connectivity index (χ3n) is 2.94. The lowest BCUT2D eigenvalue weighted by atomic mass is 10.3. The summed E-state index contributed by atoms with van der Waals surface area (Å²) in [6, 6.07) is 0. The molecule has 0 amide bonds. The van der Waals surface area contributed by atoms with E-state index in [9.17, 15) is 0 Å². The van der Waals surface area contributed by atoms with Gasteiger partial charge < -0.3 is 0 Å². The number of nitrogens with zero attached hydrogens (tertiary/aromatic N) is 2. The third kappa shape index (κ3) is 0.854. The number of fused-ring (bicyclic) bond motifs is 3. The van der Waals surface area contributed by atoms with E-state index in [-0.39, 0.29) is 0 Å². The molecule has 2 aromatic rings. The predicted octanol–water partition coefficient (Wildman–Crippen LogP) is 2.50. The maximum atomic E-state index is 4.56. The summed E-state index contributed by atoms with van der Waals surface area (Å²) < 4.78 is 2.35. The number of hydrogen-bond donors (Lipinski definition) is 0. The number of rotatable bonds is 0. The van der Waals surface area contributed by atoms with Gasteiger partial charge in [-0.2, -0.15) is 0 Å². The van der Waals surface area contributed by atoms with E-state index in [1.54, 1.807) is 4.88 Å². The molecule has 0 unspecified atom stereocenters. The van der Waals surface area contributed by atoms with E-state index in [1.807, 2.05) is 11.3 Å². The normalized spacial score (nSPS) is 15.5. The third-order valence-corrected chi connectivity index (χ3v) is 4.08. The summed E-state index contributed by atoms with van der Waals surface area (Å²) in [5.74, 6) is 0. The van der Waals surface area contributed by atoms with Crippen LogP contribution < -0.4 is 0 Å². The quantitative estimate of drug-likeness (QED) is 0.627. The van der Waals surface area contributed by atoms with Crippen LogP contribution in [0.1, 0.15) is 28.4 Å². The lowest BCUT2D eigenvalue weighted by Crippen LogP contribution is -1.91. The van der Waals surface area contributed by atoms with Crippen LogP contribution in [0.3, 0.4) is 0 Å². The van der Waals surface area contributed by atoms with Crippen molar-refractivity contribution < 1.29 is 0 Å². The second-order valence-corrected chi connectivity index (χ2v) is 4.79. The van der Waals surface area contributed by atoms with Crippen LogP contribution in [0.4, 0.5) is 0 Å². The molecule has 1 aliphatic rings. The molecule has 0 N–H and O–H groups in total. The molecule has 0 atom stereocenters. The van der Waals surface area contributed by atoms with Crippen molar-refractivity contribution in [3.05, 3.63) is 22.0 Å². The Morgan fingerprint density at radius 2 is 2.15 bits per heavy atom. The van der Waals surface area contributed by atoms with Crippen molar-refractivity contribution >= 4 is 16.3 Å². The first-order chi connectivity index (χ1) is 6.27. The summed E-state index contributed by atoms with van der Waals surface area (Å²) >= 11 is 1.87. The molecule has 0 aliphatic heterocycles. The largest absolute Gasteiger partial charge is 0.291 e. The van der Waals surface area contributed by atoms with Crippen LogP contribution in [0.2, 0.25) is 0 Å². The van der Waals surface area contributed by atoms with Crippen LogP contribution in [0.15, 0.2) is 0 Å². The summed E-state index contributed by atoms with van der Waals surface area (Å²) in [5, 5.41) is 0. The average Bonchev–Trinajstić information content (AvgIpc) is 2.66. The number of aromatic nitrogens is 2. The lowest BCUT2D eigenvalue weighted by Gasteiger charge is -1.95. The standard InChI is InChI=1S/C10H12N2S/c1-6-7(2)12-8-4-3-5-9(8)13-10(12)11-6/h3-5H2,1-2H3. The minimum Gasteiger partial charge on any atom is -0.291 e. The molecule has 0 bridgehead atoms. The molecule has 2 nitrogen and oxygen atoms in total. The Morgan fingerprint density at radius 3 is 3.00 bits per heavy atom. The van der Waals surface area contributed by atoms with E-state index >= 15 is 0 Å². The summed E-state index contributed by atoms with van der Waals surface area (Å²) in [6.07, 6.45) is 3.83. The summed E-state index contributed by atoms with van der Waals surface area (Å²) in [6.45, 7) is 4.26. The fourth-order valence-corrected chi connectivity index (χ4v) is 3.42. The molecule has 0 saturated carbocycles. The molecule has 3 rings (SSSR count). The summed E-state index contributed by atoms with van der Waals surface area (Å²) in [4.78, 5) is 7.31. The van der Waals surface area contributed by atoms with Crippen LogP contribution in [0, 0.1) is 13.8 Å². The van der Waals surface area contributed by atoms with E-state index in [0.717, 1.165) is 0 Å². The minimum absolute atomic E-state index is 1.18. The first kappa shape index (κ1) is 7.56. The Bertz CT molecular complexity index is 479. The van der Waals surface area contributed by atoms with Crippen LogP contribution >= 0.6 is 11.3 Å². The van der Waals surface area contributed by atoms with Gasteiger partial charge in [-0.15, -0.1) is 11.3 Å². The molecule has 0 fully saturated rings. The molecular formula is C10H12N2S. The second kappa shape index (κ2) is 2.35. The molecule has 13 heavy (non-hydrogen) atoms. The van der Waals surface area contributed by atoms with Crippen molar-refractivity contribution in [1.29, 1.82) is 0 Å². The van der Waals surface area contributed by atoms with Crippen molar-refractivity contribution in [2.75, 3.05) is 0 Å². The van der Waals surface area contributed by atoms with Gasteiger partial charge in [0.25, 0.3) is 0 Å². The molecule has 0 radical (unpaired) electrons. The molecule has 1 aliphatic carbocycles. The highest BCUT2D eigenvalue weighted by atomic mass is 32.1. The van der Waals surface area contributed by atoms with Gasteiger partial charge in [-0.3, -0.25) is 4.40 Å². The van der Waals surface area contributed by atoms with Gasteiger partial charge in [0.1, 0.15) is 0 Å². The van der Waals surface area contributed by atoms with Gasteiger partial charge in [-0.1, -0.05) is 0 Å². The zero-order valence-corrected chi connectivity index (χ0v) is 8.74. The summed E-state index contributed by atoms with van der Waals surface area (Å²) in [5.41, 5.74) is 4.04. The van der Waals surface area contributed by atoms with Crippen molar-refractivity contribution in [1.82, 2.24) is 9.38 Å². The summed E-state index contributed by atoms with van der Waals surface area (Å²) in [7, 11) is 0. The minimum atomic E-state index is 1.18. The Kier molecular flexibility index (Phi) is 1.37. The zero-order valence-electron chi connectivity index (χ0n) is 7.92. The number of aryl methyl sites for hydroxylation is 4. The molecule has 68 valence electrons. The fraction of sp³-hybridized carbons (Fsp3) is 0.500. The fourth-order valence-electron chi connectivity index (χ4n) is 2.12. The zero-order chi connectivity index (χ0) is 9.00. The monoisotopic (exact) mass is 192 g/mol. The topological polar surface area (TPSA) is 17.3 Å². The molecule has 2 heterocycles. The van der Waals surface area contributed by atoms with Crippen molar-refractivity contribution in [3.63, 3.8) is 0 Å². The lowest BCUT2D eigenvalue weighted by molar-refractivity contribution is 0.881. The van der Waals surface area contributed by atoms with E-state index in [2.05, 4.69) is 23.2 Å². The van der Waals surface area contributed by atoms with E-state index < -0.39 is 0 Å². The van der Waals surface area contributed by atoms with Gasteiger partial charge in [-0.05, 0) is 33.1 Å². The highest BCUT2D eigenvalue weighted by Gasteiger charge is 2.20. The number of hydrogen-bond acceptors (Lipinski definition) is 2. The van der Waals surface area contributed by atoms with Crippen molar-refractivity contribution in [3.8, 4) is 0 Å². The average molecular weight is 192 g/mol. The smallest absolute Gasteiger partial charge is 0.194 e. The Hall–Kier alpha value is -0.830. The first-order valence-electron chi connectivity index (χ1n) is 4.73. The van der Waals surface area contributed by atoms with Crippen molar-refractivity contribution in [2.45, 2.75) is 33.1 Å². The van der Waals surface area contributed by atoms with E-state index in [0.29, 0.717) is 0 Å². The van der Waals surface area contributed by atoms with Crippen LogP contribution in [-0.2, 0) is 12.8 Å². The first-order valence-corrected chi connectivity index (χ1v) is 5.55. The molecule has 0 spiro atoms. The van der Waals surface area contributed by atoms with Crippen LogP contribution in [0.25, 0.3) is 4.96 Å². The Balaban J connectivity index is 2.44. The predicted molar refractivity (Wildman–Crippen MR) is 54.6 cm³/mol. The number of thiazole rings is 1. The van der Waals surface area contributed by atoms with Gasteiger partial charge in [0.2, 0.25) is 0 Å². The highest BCUT2D eigenvalue weighted by Crippen LogP contribution is 2.32. The van der Waals surface area contributed by atoms with Crippen LogP contribution in [-0.4, -0.2) is 9.38 Å². The van der Waals surface area contributed by atoms with Gasteiger partial charge >= 0.3 is 0 Å². The second-order valence-electron chi connectivity index (χ2n) is 3.73. The Morgan fingerprint density at radius 1 is 1.31 bits per heavy atom. The van der Waals surface area contributed by atoms with Gasteiger partial charge in [-0.25, -0.2) is 4.98 Å². The molecular weight excluding hydrogens is 180 g/mol. The van der Waals surface area contributed by atoms with Crippen LogP contribution in [0.5, 0.6) is 0 Å². The highest BCUT2D eigenvalue weighted by molar-refractivity contribution is 7.17. The van der Waals surface area contributed by atoms with Gasteiger partial charge in [0.15, 0.2) is 4.96 Å². The van der Waals surface area contributed by atoms with Crippen molar-refractivity contribution in [2.24, 2.45) is 0 Å².